The van der Waals surface area contributed by atoms with E-state index in [0.29, 0.717) is 17.4 Å². The Morgan fingerprint density at radius 1 is 0.816 bits per heavy atom. The Hall–Kier alpha value is -4.47. The van der Waals surface area contributed by atoms with Gasteiger partial charge in [0.1, 0.15) is 5.82 Å². The van der Waals surface area contributed by atoms with Crippen LogP contribution >= 0.6 is 0 Å². The summed E-state index contributed by atoms with van der Waals surface area (Å²) in [7, 11) is 0. The first-order valence-corrected chi connectivity index (χ1v) is 17.2. The molecule has 1 atom stereocenters. The maximum Gasteiger partial charge on any atom is 2.00 e. The molecule has 0 bridgehead atoms. The van der Waals surface area contributed by atoms with E-state index in [1.807, 2.05) is 41.2 Å². The summed E-state index contributed by atoms with van der Waals surface area (Å²) in [5.41, 5.74) is 9.88. The van der Waals surface area contributed by atoms with Gasteiger partial charge in [-0.25, -0.2) is 4.98 Å². The van der Waals surface area contributed by atoms with Gasteiger partial charge in [0.15, 0.2) is 0 Å². The van der Waals surface area contributed by atoms with Crippen molar-refractivity contribution in [2.75, 3.05) is 0 Å². The van der Waals surface area contributed by atoms with Crippen LogP contribution in [0.2, 0.25) is 0 Å². The van der Waals surface area contributed by atoms with Gasteiger partial charge in [-0.2, -0.15) is 17.2 Å². The first-order chi connectivity index (χ1) is 23.4. The summed E-state index contributed by atoms with van der Waals surface area (Å²) in [6.07, 6.45) is 7.69. The van der Waals surface area contributed by atoms with Crippen molar-refractivity contribution < 1.29 is 25.8 Å². The summed E-state index contributed by atoms with van der Waals surface area (Å²) in [5.74, 6) is 2.61. The maximum atomic E-state index is 6.48. The molecule has 250 valence electrons. The molecule has 3 aromatic heterocycles. The third-order valence-corrected chi connectivity index (χ3v) is 9.52. The maximum absolute atomic E-state index is 6.48. The van der Waals surface area contributed by atoms with Crippen molar-refractivity contribution in [1.82, 2.24) is 19.3 Å². The Labute approximate surface area is 304 Å². The van der Waals surface area contributed by atoms with Crippen LogP contribution in [0.1, 0.15) is 74.9 Å². The minimum absolute atomic E-state index is 0. The molecule has 0 aliphatic heterocycles. The van der Waals surface area contributed by atoms with E-state index in [-0.39, 0.29) is 21.1 Å². The monoisotopic (exact) mass is 825 g/mol. The van der Waals surface area contributed by atoms with Gasteiger partial charge < -0.3 is 9.30 Å². The van der Waals surface area contributed by atoms with Gasteiger partial charge in [0.25, 0.3) is 0 Å². The number of rotatable bonds is 11. The molecule has 4 aromatic carbocycles. The van der Waals surface area contributed by atoms with Crippen molar-refractivity contribution in [3.05, 3.63) is 132 Å². The standard InChI is InChI=1S/C43H42N4O.Pt/c1-6-8-10-14-32-23-24-44-42(25-32)46-40-22-19-34(29(3)7-2)26-39(40)38-21-20-37(28-41(38)46)48-36-18-13-17-35(27-36)47-31(5)43(30(4)45-47)33-15-11-9-12-16-33;/h9,11-13,15-26,29H,6-8,10,14H2,1-5H3;/q-2;+2. The van der Waals surface area contributed by atoms with Gasteiger partial charge in [0, 0.05) is 34.5 Å². The molecule has 6 heteroatoms. The van der Waals surface area contributed by atoms with Gasteiger partial charge in [-0.1, -0.05) is 81.6 Å². The van der Waals surface area contributed by atoms with Gasteiger partial charge in [-0.3, -0.25) is 4.68 Å². The first-order valence-electron chi connectivity index (χ1n) is 17.2. The van der Waals surface area contributed by atoms with Crippen LogP contribution in [0, 0.1) is 26.0 Å². The predicted octanol–water partition coefficient (Wildman–Crippen LogP) is 11.3. The molecule has 0 saturated carbocycles. The summed E-state index contributed by atoms with van der Waals surface area (Å²) >= 11 is 0. The largest absolute Gasteiger partial charge is 2.00 e. The number of pyridine rings is 1. The van der Waals surface area contributed by atoms with Crippen LogP contribution in [0.15, 0.2) is 97.2 Å². The van der Waals surface area contributed by atoms with Crippen molar-refractivity contribution in [1.29, 1.82) is 0 Å². The van der Waals surface area contributed by atoms with Crippen molar-refractivity contribution in [3.8, 4) is 34.1 Å². The van der Waals surface area contributed by atoms with Gasteiger partial charge in [0.2, 0.25) is 0 Å². The summed E-state index contributed by atoms with van der Waals surface area (Å²) in [5, 5.41) is 7.22. The Bertz CT molecular complexity index is 2220. The minimum Gasteiger partial charge on any atom is -0.509 e. The normalized spacial score (nSPS) is 11.9. The van der Waals surface area contributed by atoms with Crippen molar-refractivity contribution >= 4 is 21.8 Å². The summed E-state index contributed by atoms with van der Waals surface area (Å²) in [6, 6.07) is 38.8. The zero-order chi connectivity index (χ0) is 33.2. The average molecular weight is 826 g/mol. The number of hydrogen-bond donors (Lipinski definition) is 0. The first kappa shape index (κ1) is 34.4. The molecule has 0 N–H and O–H groups in total. The second-order valence-electron chi connectivity index (χ2n) is 12.8. The second-order valence-corrected chi connectivity index (χ2v) is 12.8. The van der Waals surface area contributed by atoms with Crippen LogP contribution in [-0.4, -0.2) is 19.3 Å². The van der Waals surface area contributed by atoms with E-state index in [0.717, 1.165) is 63.3 Å². The third-order valence-electron chi connectivity index (χ3n) is 9.52. The fourth-order valence-corrected chi connectivity index (χ4v) is 6.74. The summed E-state index contributed by atoms with van der Waals surface area (Å²) < 4.78 is 10.7. The smallest absolute Gasteiger partial charge is 0.509 e. The van der Waals surface area contributed by atoms with Gasteiger partial charge in [-0.15, -0.1) is 35.7 Å². The quantitative estimate of drug-likeness (QED) is 0.0964. The summed E-state index contributed by atoms with van der Waals surface area (Å²) in [4.78, 5) is 4.87. The van der Waals surface area contributed by atoms with Crippen LogP contribution in [0.5, 0.6) is 11.5 Å². The predicted molar refractivity (Wildman–Crippen MR) is 197 cm³/mol. The van der Waals surface area contributed by atoms with Crippen molar-refractivity contribution in [2.24, 2.45) is 0 Å². The number of hydrogen-bond acceptors (Lipinski definition) is 3. The molecule has 1 unspecified atom stereocenters. The molecule has 0 spiro atoms. The van der Waals surface area contributed by atoms with E-state index >= 15 is 0 Å². The van der Waals surface area contributed by atoms with Gasteiger partial charge >= 0.3 is 21.1 Å². The zero-order valence-electron chi connectivity index (χ0n) is 28.9. The molecule has 0 fully saturated rings. The van der Waals surface area contributed by atoms with E-state index in [1.54, 1.807) is 0 Å². The van der Waals surface area contributed by atoms with Crippen LogP contribution < -0.4 is 4.74 Å². The Morgan fingerprint density at radius 2 is 1.63 bits per heavy atom. The number of aryl methyl sites for hydroxylation is 2. The van der Waals surface area contributed by atoms with Gasteiger partial charge in [0.05, 0.1) is 5.69 Å². The van der Waals surface area contributed by atoms with Crippen molar-refractivity contribution in [3.63, 3.8) is 0 Å². The molecule has 7 rings (SSSR count). The van der Waals surface area contributed by atoms with Crippen LogP contribution in [0.4, 0.5) is 0 Å². The molecule has 0 saturated heterocycles. The fourth-order valence-electron chi connectivity index (χ4n) is 6.74. The molecule has 0 amide bonds. The molecule has 5 nitrogen and oxygen atoms in total. The van der Waals surface area contributed by atoms with Crippen LogP contribution in [0.3, 0.4) is 0 Å². The molecule has 7 aromatic rings. The minimum atomic E-state index is 0. The Balaban J connectivity index is 0.00000417. The van der Waals surface area contributed by atoms with E-state index in [9.17, 15) is 0 Å². The number of unbranched alkanes of at least 4 members (excludes halogenated alkanes) is 2. The average Bonchev–Trinajstić information content (AvgIpc) is 3.60. The molecule has 49 heavy (non-hydrogen) atoms. The zero-order valence-corrected chi connectivity index (χ0v) is 31.1. The second kappa shape index (κ2) is 15.0. The molecular weight excluding hydrogens is 784 g/mol. The molecule has 3 heterocycles. The number of ether oxygens (including phenoxy) is 1. The fraction of sp³-hybridized carbons (Fsp3) is 0.256. The number of nitrogens with zero attached hydrogens (tertiary/aromatic N) is 4. The number of aromatic nitrogens is 4. The molecular formula is C43H42N4OPt. The Kier molecular flexibility index (Phi) is 10.5. The van der Waals surface area contributed by atoms with E-state index < -0.39 is 0 Å². The molecule has 0 aliphatic carbocycles. The Morgan fingerprint density at radius 3 is 2.43 bits per heavy atom. The van der Waals surface area contributed by atoms with Gasteiger partial charge in [-0.05, 0) is 85.0 Å². The van der Waals surface area contributed by atoms with Crippen molar-refractivity contribution in [2.45, 2.75) is 72.6 Å². The van der Waals surface area contributed by atoms with E-state index in [4.69, 9.17) is 14.8 Å². The van der Waals surface area contributed by atoms with Crippen LogP contribution in [0.25, 0.3) is 44.4 Å². The van der Waals surface area contributed by atoms with E-state index in [1.165, 1.54) is 35.8 Å². The van der Waals surface area contributed by atoms with E-state index in [2.05, 4.69) is 112 Å². The topological polar surface area (TPSA) is 44.9 Å². The number of benzene rings is 4. The SMILES string of the molecule is CCCCCc1ccnc(-n2c3[c-]c(Oc4[c-]c(-n5nc(C)c(-c6ccccc6)c5C)ccc4)ccc3c3cc(C(C)CC)ccc32)c1.[Pt+2]. The molecule has 0 aliphatic rings. The third kappa shape index (κ3) is 6.87. The summed E-state index contributed by atoms with van der Waals surface area (Å²) in [6.45, 7) is 10.9. The van der Waals surface area contributed by atoms with Crippen LogP contribution in [-0.2, 0) is 27.5 Å². The number of fused-ring (bicyclic) bond motifs is 3. The molecule has 0 radical (unpaired) electrons.